The Balaban J connectivity index is 3.15. The van der Waals surface area contributed by atoms with Crippen LogP contribution in [0.1, 0.15) is 5.56 Å². The number of quaternary nitrogens is 1. The predicted molar refractivity (Wildman–Crippen MR) is 40.4 cm³/mol. The highest BCUT2D eigenvalue weighted by molar-refractivity contribution is 5.47. The van der Waals surface area contributed by atoms with Gasteiger partial charge in [-0.2, -0.15) is 0 Å². The van der Waals surface area contributed by atoms with Gasteiger partial charge in [-0.1, -0.05) is 0 Å². The van der Waals surface area contributed by atoms with Crippen LogP contribution in [0.4, 0.5) is 11.4 Å². The van der Waals surface area contributed by atoms with Crippen molar-refractivity contribution in [2.75, 3.05) is 0 Å². The lowest BCUT2D eigenvalue weighted by molar-refractivity contribution is -0.385. The van der Waals surface area contributed by atoms with E-state index in [0.717, 1.165) is 5.56 Å². The largest absolute Gasteiger partial charge is 0.325 e. The van der Waals surface area contributed by atoms with E-state index in [9.17, 15) is 10.1 Å². The van der Waals surface area contributed by atoms with E-state index < -0.39 is 4.92 Å². The van der Waals surface area contributed by atoms with Crippen LogP contribution in [0.25, 0.3) is 0 Å². The van der Waals surface area contributed by atoms with Crippen LogP contribution in [0.3, 0.4) is 0 Å². The van der Waals surface area contributed by atoms with Crippen LogP contribution in [0, 0.1) is 17.0 Å². The molecule has 1 aromatic carbocycles. The first-order chi connectivity index (χ1) is 5.11. The van der Waals surface area contributed by atoms with Crippen molar-refractivity contribution in [1.29, 1.82) is 0 Å². The predicted octanol–water partition coefficient (Wildman–Crippen LogP) is 0.777. The standard InChI is InChI=1S/C7H8N2O2/c1-5-2-3-6(9(10)11)4-7(5)8/h2-4H,8H2,1H3/p+1. The maximum Gasteiger partial charge on any atom is 0.275 e. The summed E-state index contributed by atoms with van der Waals surface area (Å²) in [5.41, 5.74) is 5.43. The van der Waals surface area contributed by atoms with Crippen LogP contribution in [-0.4, -0.2) is 4.92 Å². The molecule has 0 atom stereocenters. The number of hydrogen-bond donors (Lipinski definition) is 1. The van der Waals surface area contributed by atoms with Crippen molar-refractivity contribution in [2.24, 2.45) is 0 Å². The second-order valence-electron chi connectivity index (χ2n) is 2.37. The fourth-order valence-corrected chi connectivity index (χ4v) is 0.771. The molecule has 0 heterocycles. The van der Waals surface area contributed by atoms with Crippen LogP contribution < -0.4 is 5.73 Å². The second-order valence-corrected chi connectivity index (χ2v) is 2.37. The van der Waals surface area contributed by atoms with E-state index in [1.165, 1.54) is 12.1 Å². The molecule has 1 aromatic rings. The molecule has 0 bridgehead atoms. The van der Waals surface area contributed by atoms with Gasteiger partial charge in [-0.25, -0.2) is 0 Å². The molecule has 0 amide bonds. The number of hydrogen-bond acceptors (Lipinski definition) is 2. The lowest BCUT2D eigenvalue weighted by atomic mass is 10.2. The molecular weight excluding hydrogens is 144 g/mol. The summed E-state index contributed by atoms with van der Waals surface area (Å²) < 4.78 is 0. The Morgan fingerprint density at radius 1 is 1.55 bits per heavy atom. The molecule has 0 aliphatic heterocycles. The van der Waals surface area contributed by atoms with Crippen molar-refractivity contribution in [2.45, 2.75) is 6.92 Å². The van der Waals surface area contributed by atoms with Gasteiger partial charge in [0.15, 0.2) is 0 Å². The number of nitro benzene ring substituents is 1. The number of non-ortho nitro benzene ring substituents is 1. The number of benzene rings is 1. The molecule has 58 valence electrons. The van der Waals surface area contributed by atoms with Gasteiger partial charge >= 0.3 is 0 Å². The van der Waals surface area contributed by atoms with Crippen molar-refractivity contribution >= 4 is 11.4 Å². The summed E-state index contributed by atoms with van der Waals surface area (Å²) in [6.07, 6.45) is 0. The van der Waals surface area contributed by atoms with E-state index in [4.69, 9.17) is 0 Å². The lowest BCUT2D eigenvalue weighted by Gasteiger charge is -1.93. The quantitative estimate of drug-likeness (QED) is 0.478. The monoisotopic (exact) mass is 153 g/mol. The SMILES string of the molecule is Cc1ccc([N+](=O)[O-])cc1[NH3+]. The van der Waals surface area contributed by atoms with E-state index in [1.54, 1.807) is 6.07 Å². The van der Waals surface area contributed by atoms with Gasteiger partial charge in [0.2, 0.25) is 0 Å². The normalized spacial score (nSPS) is 9.64. The van der Waals surface area contributed by atoms with E-state index in [2.05, 4.69) is 5.73 Å². The molecule has 0 aliphatic carbocycles. The smallest absolute Gasteiger partial charge is 0.275 e. The van der Waals surface area contributed by atoms with Crippen LogP contribution in [0.2, 0.25) is 0 Å². The molecule has 0 aromatic heterocycles. The lowest BCUT2D eigenvalue weighted by Crippen LogP contribution is -2.41. The molecule has 0 aliphatic rings. The summed E-state index contributed by atoms with van der Waals surface area (Å²) in [6.45, 7) is 1.87. The maximum atomic E-state index is 10.2. The summed E-state index contributed by atoms with van der Waals surface area (Å²) in [4.78, 5) is 9.82. The van der Waals surface area contributed by atoms with Gasteiger partial charge in [0.1, 0.15) is 5.69 Å². The molecule has 0 fully saturated rings. The van der Waals surface area contributed by atoms with E-state index in [0.29, 0.717) is 5.69 Å². The van der Waals surface area contributed by atoms with E-state index >= 15 is 0 Å². The van der Waals surface area contributed by atoms with Crippen molar-refractivity contribution in [1.82, 2.24) is 0 Å². The maximum absolute atomic E-state index is 10.2. The minimum Gasteiger partial charge on any atom is -0.325 e. The number of rotatable bonds is 1. The van der Waals surface area contributed by atoms with E-state index in [-0.39, 0.29) is 5.69 Å². The molecule has 0 radical (unpaired) electrons. The molecule has 4 heteroatoms. The highest BCUT2D eigenvalue weighted by Gasteiger charge is 2.07. The average molecular weight is 153 g/mol. The zero-order valence-electron chi connectivity index (χ0n) is 6.20. The average Bonchev–Trinajstić information content (AvgIpc) is 1.94. The zero-order chi connectivity index (χ0) is 8.43. The van der Waals surface area contributed by atoms with Crippen LogP contribution in [-0.2, 0) is 0 Å². The first-order valence-corrected chi connectivity index (χ1v) is 3.18. The Labute approximate surface area is 63.8 Å². The minimum atomic E-state index is -0.422. The first-order valence-electron chi connectivity index (χ1n) is 3.18. The van der Waals surface area contributed by atoms with Gasteiger partial charge in [-0.3, -0.25) is 10.1 Å². The van der Waals surface area contributed by atoms with Crippen molar-refractivity contribution < 1.29 is 10.7 Å². The van der Waals surface area contributed by atoms with Gasteiger partial charge in [0.05, 0.1) is 11.0 Å². The van der Waals surface area contributed by atoms with Gasteiger partial charge in [-0.05, 0) is 13.0 Å². The highest BCUT2D eigenvalue weighted by Crippen LogP contribution is 2.16. The Kier molecular flexibility index (Phi) is 1.87. The topological polar surface area (TPSA) is 70.8 Å². The highest BCUT2D eigenvalue weighted by atomic mass is 16.6. The summed E-state index contributed by atoms with van der Waals surface area (Å²) in [5.74, 6) is 0. The Bertz CT molecular complexity index is 296. The van der Waals surface area contributed by atoms with Crippen molar-refractivity contribution in [3.63, 3.8) is 0 Å². The third-order valence-corrected chi connectivity index (χ3v) is 1.54. The molecule has 0 saturated heterocycles. The summed E-state index contributed by atoms with van der Waals surface area (Å²) >= 11 is 0. The van der Waals surface area contributed by atoms with Crippen molar-refractivity contribution in [3.8, 4) is 0 Å². The summed E-state index contributed by atoms with van der Waals surface area (Å²) in [6, 6.07) is 4.64. The molecule has 0 saturated carbocycles. The molecule has 3 N–H and O–H groups in total. The minimum absolute atomic E-state index is 0.0978. The number of nitrogens with zero attached hydrogens (tertiary/aromatic N) is 1. The Morgan fingerprint density at radius 3 is 2.64 bits per heavy atom. The molecule has 11 heavy (non-hydrogen) atoms. The number of nitro groups is 1. The fraction of sp³-hybridized carbons (Fsp3) is 0.143. The van der Waals surface area contributed by atoms with Gasteiger partial charge < -0.3 is 5.73 Å². The molecule has 4 nitrogen and oxygen atoms in total. The fourth-order valence-electron chi connectivity index (χ4n) is 0.771. The molecule has 0 spiro atoms. The van der Waals surface area contributed by atoms with Crippen LogP contribution >= 0.6 is 0 Å². The van der Waals surface area contributed by atoms with Gasteiger partial charge in [0.25, 0.3) is 5.69 Å². The Morgan fingerprint density at radius 2 is 2.18 bits per heavy atom. The van der Waals surface area contributed by atoms with Crippen molar-refractivity contribution in [3.05, 3.63) is 33.9 Å². The van der Waals surface area contributed by atoms with Crippen LogP contribution in [0.15, 0.2) is 18.2 Å². The van der Waals surface area contributed by atoms with Gasteiger partial charge in [0, 0.05) is 11.6 Å². The summed E-state index contributed by atoms with van der Waals surface area (Å²) in [5, 5.41) is 10.2. The van der Waals surface area contributed by atoms with E-state index in [1.807, 2.05) is 6.92 Å². The number of aryl methyl sites for hydroxylation is 1. The second kappa shape index (κ2) is 2.67. The summed E-state index contributed by atoms with van der Waals surface area (Å²) in [7, 11) is 0. The van der Waals surface area contributed by atoms with Crippen LogP contribution in [0.5, 0.6) is 0 Å². The molecular formula is C7H9N2O2+. The molecule has 1 rings (SSSR count). The Hall–Kier alpha value is -1.42. The third kappa shape index (κ3) is 1.53. The third-order valence-electron chi connectivity index (χ3n) is 1.54. The molecule has 0 unspecified atom stereocenters. The van der Waals surface area contributed by atoms with Gasteiger partial charge in [-0.15, -0.1) is 0 Å². The first kappa shape index (κ1) is 7.68. The zero-order valence-corrected chi connectivity index (χ0v) is 6.20.